The topological polar surface area (TPSA) is 74.3 Å². The third kappa shape index (κ3) is 3.75. The molecule has 0 N–H and O–H groups in total. The molecule has 6 heteroatoms. The molecule has 2 aromatic rings. The Morgan fingerprint density at radius 1 is 1.27 bits per heavy atom. The summed E-state index contributed by atoms with van der Waals surface area (Å²) in [4.78, 5) is 2.17. The maximum Gasteiger partial charge on any atom is 0.179 e. The lowest BCUT2D eigenvalue weighted by atomic mass is 10.2. The molecule has 22 heavy (non-hydrogen) atoms. The molecule has 0 saturated carbocycles. The Kier molecular flexibility index (Phi) is 5.01. The zero-order valence-electron chi connectivity index (χ0n) is 12.6. The van der Waals surface area contributed by atoms with Gasteiger partial charge in [0.15, 0.2) is 9.84 Å². The van der Waals surface area contributed by atoms with Crippen LogP contribution in [0.25, 0.3) is 0 Å². The summed E-state index contributed by atoms with van der Waals surface area (Å²) >= 11 is 0. The van der Waals surface area contributed by atoms with Crippen molar-refractivity contribution in [3.05, 3.63) is 54.0 Å². The number of furan rings is 1. The zero-order chi connectivity index (χ0) is 16.2. The van der Waals surface area contributed by atoms with Gasteiger partial charge in [-0.3, -0.25) is 4.90 Å². The summed E-state index contributed by atoms with van der Waals surface area (Å²) < 4.78 is 30.0. The molecule has 1 heterocycles. The van der Waals surface area contributed by atoms with Gasteiger partial charge in [-0.05, 0) is 50.4 Å². The SMILES string of the molecule is C[C@@H](c1ccco1)N(C)CCS(=O)(=O)c1ccc(C#N)cc1. The predicted octanol–water partition coefficient (Wildman–Crippen LogP) is 2.62. The van der Waals surface area contributed by atoms with Crippen LogP contribution in [0.5, 0.6) is 0 Å². The van der Waals surface area contributed by atoms with Gasteiger partial charge < -0.3 is 4.42 Å². The van der Waals surface area contributed by atoms with Gasteiger partial charge in [-0.1, -0.05) is 0 Å². The minimum atomic E-state index is -3.36. The van der Waals surface area contributed by atoms with Gasteiger partial charge in [0, 0.05) is 6.54 Å². The van der Waals surface area contributed by atoms with Crippen molar-refractivity contribution in [3.63, 3.8) is 0 Å². The second-order valence-electron chi connectivity index (χ2n) is 5.13. The Hall–Kier alpha value is -2.10. The fourth-order valence-corrected chi connectivity index (χ4v) is 3.37. The summed E-state index contributed by atoms with van der Waals surface area (Å²) in [6.45, 7) is 2.36. The van der Waals surface area contributed by atoms with Crippen LogP contribution < -0.4 is 0 Å². The quantitative estimate of drug-likeness (QED) is 0.818. The number of hydrogen-bond donors (Lipinski definition) is 0. The molecular weight excluding hydrogens is 300 g/mol. The monoisotopic (exact) mass is 318 g/mol. The lowest BCUT2D eigenvalue weighted by molar-refractivity contribution is 0.243. The van der Waals surface area contributed by atoms with E-state index in [-0.39, 0.29) is 16.7 Å². The Labute approximate surface area is 130 Å². The van der Waals surface area contributed by atoms with Gasteiger partial charge in [0.05, 0.1) is 34.6 Å². The van der Waals surface area contributed by atoms with Crippen molar-refractivity contribution in [2.45, 2.75) is 17.9 Å². The number of sulfone groups is 1. The Morgan fingerprint density at radius 3 is 2.50 bits per heavy atom. The normalized spacial score (nSPS) is 13.0. The van der Waals surface area contributed by atoms with E-state index < -0.39 is 9.84 Å². The maximum absolute atomic E-state index is 12.3. The number of rotatable bonds is 6. The van der Waals surface area contributed by atoms with Crippen molar-refractivity contribution in [2.75, 3.05) is 19.3 Å². The Balaban J connectivity index is 2.01. The Morgan fingerprint density at radius 2 is 1.95 bits per heavy atom. The molecule has 116 valence electrons. The van der Waals surface area contributed by atoms with E-state index in [1.807, 2.05) is 37.1 Å². The van der Waals surface area contributed by atoms with E-state index in [0.717, 1.165) is 5.76 Å². The van der Waals surface area contributed by atoms with E-state index in [1.54, 1.807) is 6.26 Å². The Bertz CT molecular complexity index is 744. The summed E-state index contributed by atoms with van der Waals surface area (Å²) in [6, 6.07) is 11.6. The van der Waals surface area contributed by atoms with Gasteiger partial charge in [-0.2, -0.15) is 5.26 Å². The maximum atomic E-state index is 12.3. The molecule has 0 spiro atoms. The summed E-state index contributed by atoms with van der Waals surface area (Å²) in [6.07, 6.45) is 1.60. The lowest BCUT2D eigenvalue weighted by Gasteiger charge is -2.22. The third-order valence-corrected chi connectivity index (χ3v) is 5.38. The van der Waals surface area contributed by atoms with Crippen molar-refractivity contribution < 1.29 is 12.8 Å². The van der Waals surface area contributed by atoms with Gasteiger partial charge in [-0.25, -0.2) is 8.42 Å². The summed E-state index contributed by atoms with van der Waals surface area (Å²) in [7, 11) is -1.50. The van der Waals surface area contributed by atoms with E-state index in [2.05, 4.69) is 0 Å². The fraction of sp³-hybridized carbons (Fsp3) is 0.312. The van der Waals surface area contributed by atoms with Crippen LogP contribution in [0.1, 0.15) is 24.3 Å². The predicted molar refractivity (Wildman–Crippen MR) is 83.0 cm³/mol. The molecule has 0 aliphatic carbocycles. The highest BCUT2D eigenvalue weighted by Crippen LogP contribution is 2.19. The van der Waals surface area contributed by atoms with Crippen molar-refractivity contribution in [2.24, 2.45) is 0 Å². The van der Waals surface area contributed by atoms with Crippen LogP contribution in [0, 0.1) is 11.3 Å². The molecule has 0 bridgehead atoms. The molecule has 0 radical (unpaired) electrons. The molecular formula is C16H18N2O3S. The van der Waals surface area contributed by atoms with Gasteiger partial charge >= 0.3 is 0 Å². The van der Waals surface area contributed by atoms with Crippen molar-refractivity contribution in [1.82, 2.24) is 4.90 Å². The highest BCUT2D eigenvalue weighted by atomic mass is 32.2. The second-order valence-corrected chi connectivity index (χ2v) is 7.24. The average molecular weight is 318 g/mol. The average Bonchev–Trinajstić information content (AvgIpc) is 3.06. The fourth-order valence-electron chi connectivity index (χ4n) is 2.06. The van der Waals surface area contributed by atoms with Crippen molar-refractivity contribution in [3.8, 4) is 6.07 Å². The van der Waals surface area contributed by atoms with E-state index >= 15 is 0 Å². The van der Waals surface area contributed by atoms with Crippen LogP contribution >= 0.6 is 0 Å². The van der Waals surface area contributed by atoms with Gasteiger partial charge in [0.1, 0.15) is 5.76 Å². The summed E-state index contributed by atoms with van der Waals surface area (Å²) in [5.74, 6) is 0.818. The van der Waals surface area contributed by atoms with Crippen LogP contribution in [0.4, 0.5) is 0 Å². The first kappa shape index (κ1) is 16.3. The molecule has 0 unspecified atom stereocenters. The smallest absolute Gasteiger partial charge is 0.179 e. The first-order valence-electron chi connectivity index (χ1n) is 6.90. The molecule has 0 fully saturated rings. The second kappa shape index (κ2) is 6.77. The summed E-state index contributed by atoms with van der Waals surface area (Å²) in [5, 5.41) is 8.74. The van der Waals surface area contributed by atoms with Crippen LogP contribution in [0.3, 0.4) is 0 Å². The largest absolute Gasteiger partial charge is 0.468 e. The first-order valence-corrected chi connectivity index (χ1v) is 8.56. The van der Waals surface area contributed by atoms with E-state index in [4.69, 9.17) is 9.68 Å². The van der Waals surface area contributed by atoms with Gasteiger partial charge in [0.2, 0.25) is 0 Å². The van der Waals surface area contributed by atoms with E-state index in [1.165, 1.54) is 24.3 Å². The lowest BCUT2D eigenvalue weighted by Crippen LogP contribution is -2.28. The standard InChI is InChI=1S/C16H18N2O3S/c1-13(16-4-3-10-21-16)18(2)9-11-22(19,20)15-7-5-14(12-17)6-8-15/h3-8,10,13H,9,11H2,1-2H3/t13-/m0/s1. The van der Waals surface area contributed by atoms with Crippen LogP contribution in [-0.4, -0.2) is 32.7 Å². The highest BCUT2D eigenvalue weighted by molar-refractivity contribution is 7.91. The molecule has 0 aliphatic rings. The number of nitrogens with zero attached hydrogens (tertiary/aromatic N) is 2. The number of benzene rings is 1. The molecule has 5 nitrogen and oxygen atoms in total. The molecule has 1 aromatic carbocycles. The summed E-state index contributed by atoms with van der Waals surface area (Å²) in [5.41, 5.74) is 0.447. The molecule has 2 rings (SSSR count). The van der Waals surface area contributed by atoms with E-state index in [9.17, 15) is 8.42 Å². The molecule has 0 saturated heterocycles. The van der Waals surface area contributed by atoms with Crippen molar-refractivity contribution in [1.29, 1.82) is 5.26 Å². The minimum absolute atomic E-state index is 0.00571. The first-order chi connectivity index (χ1) is 10.4. The molecule has 1 aromatic heterocycles. The van der Waals surface area contributed by atoms with Crippen LogP contribution in [0.2, 0.25) is 0 Å². The van der Waals surface area contributed by atoms with Gasteiger partial charge in [0.25, 0.3) is 0 Å². The number of nitriles is 1. The zero-order valence-corrected chi connectivity index (χ0v) is 13.4. The van der Waals surface area contributed by atoms with E-state index in [0.29, 0.717) is 12.1 Å². The molecule has 1 atom stereocenters. The highest BCUT2D eigenvalue weighted by Gasteiger charge is 2.19. The third-order valence-electron chi connectivity index (χ3n) is 3.67. The van der Waals surface area contributed by atoms with Gasteiger partial charge in [-0.15, -0.1) is 0 Å². The van der Waals surface area contributed by atoms with Crippen LogP contribution in [0.15, 0.2) is 52.0 Å². The van der Waals surface area contributed by atoms with Crippen molar-refractivity contribution >= 4 is 9.84 Å². The molecule has 0 aliphatic heterocycles. The molecule has 0 amide bonds. The van der Waals surface area contributed by atoms with Crippen LogP contribution in [-0.2, 0) is 9.84 Å². The minimum Gasteiger partial charge on any atom is -0.468 e. The number of hydrogen-bond acceptors (Lipinski definition) is 5.